The topological polar surface area (TPSA) is 78.9 Å². The van der Waals surface area contributed by atoms with Gasteiger partial charge in [0.15, 0.2) is 6.10 Å². The number of hydrogen-bond donors (Lipinski definition) is 0. The lowest BCUT2D eigenvalue weighted by Gasteiger charge is -2.18. The average molecular weight is 938 g/mol. The van der Waals surface area contributed by atoms with E-state index in [0.29, 0.717) is 19.3 Å². The van der Waals surface area contributed by atoms with Crippen LogP contribution in [0.1, 0.15) is 290 Å². The van der Waals surface area contributed by atoms with Crippen molar-refractivity contribution in [1.82, 2.24) is 0 Å². The van der Waals surface area contributed by atoms with Crippen molar-refractivity contribution in [3.63, 3.8) is 0 Å². The summed E-state index contributed by atoms with van der Waals surface area (Å²) in [6.07, 6.45) is 69.3. The summed E-state index contributed by atoms with van der Waals surface area (Å²) in [7, 11) is 0. The van der Waals surface area contributed by atoms with Crippen molar-refractivity contribution in [1.29, 1.82) is 0 Å². The third-order valence-corrected chi connectivity index (χ3v) is 12.5. The molecule has 6 heteroatoms. The maximum Gasteiger partial charge on any atom is 0.306 e. The Kier molecular flexibility index (Phi) is 53.3. The number of carbonyl (C=O) groups excluding carboxylic acids is 3. The third kappa shape index (κ3) is 53.9. The Bertz CT molecular complexity index is 1210. The molecule has 1 atom stereocenters. The van der Waals surface area contributed by atoms with Gasteiger partial charge < -0.3 is 14.2 Å². The fraction of sp³-hybridized carbons (Fsp3) is 0.787. The molecular formula is C61H108O6. The molecular weight excluding hydrogens is 829 g/mol. The molecule has 0 unspecified atom stereocenters. The van der Waals surface area contributed by atoms with Gasteiger partial charge in [-0.1, -0.05) is 248 Å². The Morgan fingerprint density at radius 1 is 0.299 bits per heavy atom. The zero-order chi connectivity index (χ0) is 48.6. The molecule has 0 aliphatic rings. The van der Waals surface area contributed by atoms with Crippen LogP contribution < -0.4 is 0 Å². The molecule has 0 aromatic heterocycles. The number of allylic oxidation sites excluding steroid dienone is 10. The molecule has 0 rings (SSSR count). The first kappa shape index (κ1) is 64.1. The molecule has 0 aromatic rings. The highest BCUT2D eigenvalue weighted by atomic mass is 16.6. The number of ether oxygens (including phenoxy) is 3. The summed E-state index contributed by atoms with van der Waals surface area (Å²) in [5.41, 5.74) is 0. The minimum absolute atomic E-state index is 0.0959. The number of carbonyl (C=O) groups is 3. The van der Waals surface area contributed by atoms with Gasteiger partial charge in [0.1, 0.15) is 13.2 Å². The van der Waals surface area contributed by atoms with Gasteiger partial charge in [0, 0.05) is 19.3 Å². The zero-order valence-corrected chi connectivity index (χ0v) is 44.4. The molecule has 67 heavy (non-hydrogen) atoms. The van der Waals surface area contributed by atoms with Crippen molar-refractivity contribution in [2.75, 3.05) is 13.2 Å². The van der Waals surface area contributed by atoms with Gasteiger partial charge in [0.05, 0.1) is 0 Å². The van der Waals surface area contributed by atoms with Crippen molar-refractivity contribution < 1.29 is 28.6 Å². The van der Waals surface area contributed by atoms with Gasteiger partial charge in [-0.2, -0.15) is 0 Å². The summed E-state index contributed by atoms with van der Waals surface area (Å²) in [6, 6.07) is 0. The molecule has 0 aliphatic heterocycles. The first-order chi connectivity index (χ1) is 33.0. The number of rotatable bonds is 52. The Labute approximate surface area is 415 Å². The monoisotopic (exact) mass is 937 g/mol. The summed E-state index contributed by atoms with van der Waals surface area (Å²) >= 11 is 0. The summed E-state index contributed by atoms with van der Waals surface area (Å²) in [5, 5.41) is 0. The van der Waals surface area contributed by atoms with Gasteiger partial charge in [-0.3, -0.25) is 14.4 Å². The lowest BCUT2D eigenvalue weighted by atomic mass is 10.0. The molecule has 6 nitrogen and oxygen atoms in total. The maximum absolute atomic E-state index is 12.8. The van der Waals surface area contributed by atoms with Crippen LogP contribution in [-0.4, -0.2) is 37.2 Å². The predicted octanol–water partition coefficient (Wildman–Crippen LogP) is 19.2. The Hall–Kier alpha value is -2.89. The van der Waals surface area contributed by atoms with Crippen LogP contribution in [0.5, 0.6) is 0 Å². The van der Waals surface area contributed by atoms with Gasteiger partial charge in [-0.15, -0.1) is 0 Å². The molecule has 0 fully saturated rings. The van der Waals surface area contributed by atoms with Crippen molar-refractivity contribution in [3.05, 3.63) is 60.8 Å². The second-order valence-corrected chi connectivity index (χ2v) is 19.2. The van der Waals surface area contributed by atoms with E-state index in [0.717, 1.165) is 70.6 Å². The predicted molar refractivity (Wildman–Crippen MR) is 288 cm³/mol. The van der Waals surface area contributed by atoms with Gasteiger partial charge in [-0.25, -0.2) is 0 Å². The molecule has 0 saturated heterocycles. The minimum atomic E-state index is -0.804. The zero-order valence-electron chi connectivity index (χ0n) is 44.4. The molecule has 0 heterocycles. The molecule has 0 amide bonds. The van der Waals surface area contributed by atoms with E-state index in [1.54, 1.807) is 0 Å². The summed E-state index contributed by atoms with van der Waals surface area (Å²) in [4.78, 5) is 38.1. The van der Waals surface area contributed by atoms with Crippen LogP contribution in [0.15, 0.2) is 60.8 Å². The third-order valence-electron chi connectivity index (χ3n) is 12.5. The Morgan fingerprint density at radius 3 is 0.940 bits per heavy atom. The molecule has 0 bridgehead atoms. The van der Waals surface area contributed by atoms with E-state index >= 15 is 0 Å². The van der Waals surface area contributed by atoms with Crippen LogP contribution in [-0.2, 0) is 28.6 Å². The molecule has 388 valence electrons. The summed E-state index contributed by atoms with van der Waals surface area (Å²) in [6.45, 7) is 6.57. The van der Waals surface area contributed by atoms with E-state index in [2.05, 4.69) is 81.5 Å². The van der Waals surface area contributed by atoms with Crippen LogP contribution in [0, 0.1) is 0 Å². The van der Waals surface area contributed by atoms with Crippen molar-refractivity contribution >= 4 is 17.9 Å². The fourth-order valence-corrected chi connectivity index (χ4v) is 8.14. The highest BCUT2D eigenvalue weighted by molar-refractivity contribution is 5.71. The van der Waals surface area contributed by atoms with Crippen molar-refractivity contribution in [2.45, 2.75) is 297 Å². The minimum Gasteiger partial charge on any atom is -0.462 e. The van der Waals surface area contributed by atoms with E-state index in [9.17, 15) is 14.4 Å². The van der Waals surface area contributed by atoms with Crippen molar-refractivity contribution in [2.24, 2.45) is 0 Å². The molecule has 0 spiro atoms. The first-order valence-corrected chi connectivity index (χ1v) is 28.8. The quantitative estimate of drug-likeness (QED) is 0.0262. The lowest BCUT2D eigenvalue weighted by Crippen LogP contribution is -2.30. The first-order valence-electron chi connectivity index (χ1n) is 28.8. The van der Waals surface area contributed by atoms with E-state index in [1.807, 2.05) is 0 Å². The average Bonchev–Trinajstić information content (AvgIpc) is 3.33. The Balaban J connectivity index is 4.42. The second-order valence-electron chi connectivity index (χ2n) is 19.2. The molecule has 0 N–H and O–H groups in total. The normalized spacial score (nSPS) is 12.5. The smallest absolute Gasteiger partial charge is 0.306 e. The van der Waals surface area contributed by atoms with Gasteiger partial charge in [0.25, 0.3) is 0 Å². The highest BCUT2D eigenvalue weighted by Crippen LogP contribution is 2.16. The van der Waals surface area contributed by atoms with Gasteiger partial charge in [0.2, 0.25) is 0 Å². The van der Waals surface area contributed by atoms with E-state index in [-0.39, 0.29) is 37.5 Å². The van der Waals surface area contributed by atoms with Crippen LogP contribution >= 0.6 is 0 Å². The van der Waals surface area contributed by atoms with Crippen molar-refractivity contribution in [3.8, 4) is 0 Å². The van der Waals surface area contributed by atoms with Crippen LogP contribution in [0.4, 0.5) is 0 Å². The SMILES string of the molecule is CCCCC/C=C/C/C=C/C/C=C/C/C=C/CCCC(=O)O[C@H](COC(=O)CCCCCCC/C=C/CCCCCC)COC(=O)CCCCCCCCCCCCCCCCCCCCC. The number of unbranched alkanes of at least 4 members (excludes halogenated alkanes) is 31. The fourth-order valence-electron chi connectivity index (χ4n) is 8.14. The Morgan fingerprint density at radius 2 is 0.552 bits per heavy atom. The summed E-state index contributed by atoms with van der Waals surface area (Å²) in [5.74, 6) is -0.950. The van der Waals surface area contributed by atoms with E-state index in [1.165, 1.54) is 173 Å². The number of esters is 3. The van der Waals surface area contributed by atoms with E-state index < -0.39 is 6.10 Å². The summed E-state index contributed by atoms with van der Waals surface area (Å²) < 4.78 is 16.8. The molecule has 0 aromatic carbocycles. The van der Waals surface area contributed by atoms with Gasteiger partial charge >= 0.3 is 17.9 Å². The van der Waals surface area contributed by atoms with Gasteiger partial charge in [-0.05, 0) is 83.5 Å². The van der Waals surface area contributed by atoms with E-state index in [4.69, 9.17) is 14.2 Å². The van der Waals surface area contributed by atoms with Crippen LogP contribution in [0.25, 0.3) is 0 Å². The van der Waals surface area contributed by atoms with Crippen LogP contribution in [0.2, 0.25) is 0 Å². The largest absolute Gasteiger partial charge is 0.462 e. The molecule has 0 radical (unpaired) electrons. The molecule has 0 saturated carbocycles. The number of hydrogen-bond acceptors (Lipinski definition) is 6. The maximum atomic E-state index is 12.8. The molecule has 0 aliphatic carbocycles. The standard InChI is InChI=1S/C61H108O6/c1-4-7-10-13-16-19-22-25-27-29-30-32-33-36-39-42-45-48-51-54-60(63)66-57-58(56-65-59(62)53-50-47-44-41-38-35-24-21-18-15-12-9-6-3)67-61(64)55-52-49-46-43-40-37-34-31-28-26-23-20-17-14-11-8-5-2/h17,20-21,24,26,28,34,37,43,46,58H,4-16,18-19,22-23,25,27,29-33,35-36,38-42,44-45,47-57H2,1-3H3/b20-17+,24-21+,28-26+,37-34+,46-43+/t58-/m1/s1. The second kappa shape index (κ2) is 55.7. The lowest BCUT2D eigenvalue weighted by molar-refractivity contribution is -0.167. The highest BCUT2D eigenvalue weighted by Gasteiger charge is 2.19. The van der Waals surface area contributed by atoms with Crippen LogP contribution in [0.3, 0.4) is 0 Å².